The molecular weight excluding hydrogens is 240 g/mol. The highest BCUT2D eigenvalue weighted by Crippen LogP contribution is 2.09. The van der Waals surface area contributed by atoms with Crippen molar-refractivity contribution in [2.75, 3.05) is 32.8 Å². The summed E-state index contributed by atoms with van der Waals surface area (Å²) < 4.78 is 31.5. The lowest BCUT2D eigenvalue weighted by molar-refractivity contribution is 0.162. The second-order valence-corrected chi connectivity index (χ2v) is 6.46. The predicted octanol–water partition coefficient (Wildman–Crippen LogP) is 0.251. The monoisotopic (exact) mass is 262 g/mol. The van der Waals surface area contributed by atoms with Crippen LogP contribution in [0.3, 0.4) is 0 Å². The molecule has 1 unspecified atom stereocenters. The SMILES string of the molecule is C=C(C)COCCNS(=O)(=O)C1CCCNC1. The van der Waals surface area contributed by atoms with Crippen LogP contribution in [0.2, 0.25) is 0 Å². The number of hydrogen-bond donors (Lipinski definition) is 2. The Morgan fingerprint density at radius 2 is 2.35 bits per heavy atom. The molecule has 0 radical (unpaired) electrons. The van der Waals surface area contributed by atoms with Crippen molar-refractivity contribution in [1.29, 1.82) is 0 Å². The number of hydrogen-bond acceptors (Lipinski definition) is 4. The minimum atomic E-state index is -3.20. The summed E-state index contributed by atoms with van der Waals surface area (Å²) >= 11 is 0. The van der Waals surface area contributed by atoms with Crippen molar-refractivity contribution in [3.63, 3.8) is 0 Å². The Labute approximate surface area is 104 Å². The first kappa shape index (κ1) is 14.6. The molecule has 0 aromatic carbocycles. The lowest BCUT2D eigenvalue weighted by Gasteiger charge is -2.22. The van der Waals surface area contributed by atoms with E-state index in [1.165, 1.54) is 0 Å². The van der Waals surface area contributed by atoms with E-state index in [4.69, 9.17) is 4.74 Å². The van der Waals surface area contributed by atoms with Gasteiger partial charge in [0, 0.05) is 13.1 Å². The third kappa shape index (κ3) is 5.63. The summed E-state index contributed by atoms with van der Waals surface area (Å²) in [6, 6.07) is 0. The fourth-order valence-corrected chi connectivity index (χ4v) is 3.12. The maximum absolute atomic E-state index is 11.9. The highest BCUT2D eigenvalue weighted by molar-refractivity contribution is 7.90. The van der Waals surface area contributed by atoms with E-state index >= 15 is 0 Å². The van der Waals surface area contributed by atoms with E-state index < -0.39 is 10.0 Å². The van der Waals surface area contributed by atoms with Crippen LogP contribution in [0.15, 0.2) is 12.2 Å². The van der Waals surface area contributed by atoms with Gasteiger partial charge >= 0.3 is 0 Å². The van der Waals surface area contributed by atoms with E-state index in [0.717, 1.165) is 25.0 Å². The van der Waals surface area contributed by atoms with Crippen LogP contribution in [0.4, 0.5) is 0 Å². The second kappa shape index (κ2) is 7.10. The van der Waals surface area contributed by atoms with Gasteiger partial charge in [0.25, 0.3) is 0 Å². The van der Waals surface area contributed by atoms with E-state index in [1.807, 2.05) is 6.92 Å². The van der Waals surface area contributed by atoms with Crippen molar-refractivity contribution in [1.82, 2.24) is 10.0 Å². The Hall–Kier alpha value is -0.430. The van der Waals surface area contributed by atoms with Crippen LogP contribution >= 0.6 is 0 Å². The van der Waals surface area contributed by atoms with Crippen LogP contribution in [0.1, 0.15) is 19.8 Å². The van der Waals surface area contributed by atoms with Crippen molar-refractivity contribution >= 4 is 10.0 Å². The molecule has 100 valence electrons. The molecule has 1 atom stereocenters. The Kier molecular flexibility index (Phi) is 6.11. The molecule has 1 heterocycles. The van der Waals surface area contributed by atoms with E-state index in [0.29, 0.717) is 26.3 Å². The number of sulfonamides is 1. The Morgan fingerprint density at radius 3 is 2.94 bits per heavy atom. The minimum Gasteiger partial charge on any atom is -0.376 e. The van der Waals surface area contributed by atoms with E-state index in [9.17, 15) is 8.42 Å². The van der Waals surface area contributed by atoms with Gasteiger partial charge < -0.3 is 10.1 Å². The topological polar surface area (TPSA) is 67.4 Å². The number of piperidine rings is 1. The van der Waals surface area contributed by atoms with Gasteiger partial charge in [0.15, 0.2) is 0 Å². The van der Waals surface area contributed by atoms with E-state index in [-0.39, 0.29) is 5.25 Å². The lowest BCUT2D eigenvalue weighted by Crippen LogP contribution is -2.44. The first-order chi connectivity index (χ1) is 8.02. The van der Waals surface area contributed by atoms with Crippen LogP contribution in [-0.4, -0.2) is 46.5 Å². The Morgan fingerprint density at radius 1 is 1.59 bits per heavy atom. The largest absolute Gasteiger partial charge is 0.376 e. The first-order valence-corrected chi connectivity index (χ1v) is 7.48. The molecule has 1 rings (SSSR count). The predicted molar refractivity (Wildman–Crippen MR) is 68.4 cm³/mol. The summed E-state index contributed by atoms with van der Waals surface area (Å²) in [6.45, 7) is 8.22. The molecule has 5 nitrogen and oxygen atoms in total. The maximum Gasteiger partial charge on any atom is 0.215 e. The fraction of sp³-hybridized carbons (Fsp3) is 0.818. The van der Waals surface area contributed by atoms with Gasteiger partial charge in [-0.15, -0.1) is 0 Å². The average molecular weight is 262 g/mol. The molecule has 1 fully saturated rings. The average Bonchev–Trinajstić information content (AvgIpc) is 2.29. The normalized spacial score (nSPS) is 21.4. The molecule has 1 saturated heterocycles. The standard InChI is InChI=1S/C11H22N2O3S/c1-10(2)9-16-7-6-13-17(14,15)11-4-3-5-12-8-11/h11-13H,1,3-9H2,2H3. The molecule has 2 N–H and O–H groups in total. The highest BCUT2D eigenvalue weighted by Gasteiger charge is 2.26. The number of nitrogens with one attached hydrogen (secondary N) is 2. The van der Waals surface area contributed by atoms with E-state index in [2.05, 4.69) is 16.6 Å². The highest BCUT2D eigenvalue weighted by atomic mass is 32.2. The van der Waals surface area contributed by atoms with Crippen LogP contribution in [0.25, 0.3) is 0 Å². The number of ether oxygens (including phenoxy) is 1. The van der Waals surface area contributed by atoms with Crippen molar-refractivity contribution in [3.05, 3.63) is 12.2 Å². The van der Waals surface area contributed by atoms with Crippen molar-refractivity contribution in [3.8, 4) is 0 Å². The smallest absolute Gasteiger partial charge is 0.215 e. The molecule has 0 saturated carbocycles. The van der Waals surface area contributed by atoms with Crippen LogP contribution in [0.5, 0.6) is 0 Å². The molecule has 0 amide bonds. The van der Waals surface area contributed by atoms with Crippen LogP contribution in [-0.2, 0) is 14.8 Å². The Bertz CT molecular complexity index is 335. The molecular formula is C11H22N2O3S. The van der Waals surface area contributed by atoms with Gasteiger partial charge in [0.2, 0.25) is 10.0 Å². The molecule has 1 aliphatic heterocycles. The molecule has 0 aliphatic carbocycles. The van der Waals surface area contributed by atoms with Crippen molar-refractivity contribution in [2.24, 2.45) is 0 Å². The van der Waals surface area contributed by atoms with Gasteiger partial charge in [0.05, 0.1) is 18.5 Å². The zero-order chi connectivity index (χ0) is 12.7. The summed E-state index contributed by atoms with van der Waals surface area (Å²) in [5.41, 5.74) is 0.935. The maximum atomic E-state index is 11.9. The fourth-order valence-electron chi connectivity index (χ4n) is 1.71. The van der Waals surface area contributed by atoms with Gasteiger partial charge in [-0.3, -0.25) is 0 Å². The molecule has 17 heavy (non-hydrogen) atoms. The van der Waals surface area contributed by atoms with Crippen molar-refractivity contribution < 1.29 is 13.2 Å². The van der Waals surface area contributed by atoms with Gasteiger partial charge in [-0.25, -0.2) is 13.1 Å². The second-order valence-electron chi connectivity index (χ2n) is 4.42. The quantitative estimate of drug-likeness (QED) is 0.510. The summed E-state index contributed by atoms with van der Waals surface area (Å²) in [5.74, 6) is 0. The van der Waals surface area contributed by atoms with Gasteiger partial charge in [-0.1, -0.05) is 12.2 Å². The molecule has 0 aromatic heterocycles. The van der Waals surface area contributed by atoms with Gasteiger partial charge in [0.1, 0.15) is 0 Å². The third-order valence-electron chi connectivity index (χ3n) is 2.59. The molecule has 0 spiro atoms. The van der Waals surface area contributed by atoms with Gasteiger partial charge in [-0.05, 0) is 26.3 Å². The lowest BCUT2D eigenvalue weighted by atomic mass is 10.2. The van der Waals surface area contributed by atoms with Crippen LogP contribution in [0, 0.1) is 0 Å². The molecule has 0 aromatic rings. The minimum absolute atomic E-state index is 0.308. The summed E-state index contributed by atoms with van der Waals surface area (Å²) in [5, 5.41) is 2.79. The molecule has 6 heteroatoms. The number of rotatable bonds is 7. The summed E-state index contributed by atoms with van der Waals surface area (Å²) in [4.78, 5) is 0. The first-order valence-electron chi connectivity index (χ1n) is 5.93. The molecule has 1 aliphatic rings. The van der Waals surface area contributed by atoms with Crippen LogP contribution < -0.4 is 10.0 Å². The zero-order valence-corrected chi connectivity index (χ0v) is 11.2. The summed E-state index contributed by atoms with van der Waals surface area (Å²) in [7, 11) is -3.20. The van der Waals surface area contributed by atoms with E-state index in [1.54, 1.807) is 0 Å². The van der Waals surface area contributed by atoms with Gasteiger partial charge in [-0.2, -0.15) is 0 Å². The third-order valence-corrected chi connectivity index (χ3v) is 4.48. The van der Waals surface area contributed by atoms with Crippen molar-refractivity contribution in [2.45, 2.75) is 25.0 Å². The Balaban J connectivity index is 2.22. The summed E-state index contributed by atoms with van der Waals surface area (Å²) in [6.07, 6.45) is 1.65. The zero-order valence-electron chi connectivity index (χ0n) is 10.4. The molecule has 0 bridgehead atoms.